The first kappa shape index (κ1) is 21.7. The number of nitrogens with one attached hydrogen (secondary N) is 3. The van der Waals surface area contributed by atoms with Crippen LogP contribution in [0.4, 0.5) is 5.82 Å². The molecule has 0 saturated carbocycles. The molecule has 6 nitrogen and oxygen atoms in total. The molecule has 28 heavy (non-hydrogen) atoms. The summed E-state index contributed by atoms with van der Waals surface area (Å²) in [4.78, 5) is 8.53. The average Bonchev–Trinajstić information content (AvgIpc) is 2.74. The lowest BCUT2D eigenvalue weighted by molar-refractivity contribution is 0.0931. The minimum Gasteiger partial charge on any atom is -0.376 e. The molecular weight excluding hydrogens is 350 g/mol. The van der Waals surface area contributed by atoms with E-state index in [1.807, 2.05) is 36.4 Å². The SMILES string of the molecule is CN=C(NCCCCNc1ccccn1)NCC(C)COCc1ccccc1. The molecule has 0 fully saturated rings. The van der Waals surface area contributed by atoms with E-state index in [1.165, 1.54) is 5.56 Å². The number of anilines is 1. The van der Waals surface area contributed by atoms with Crippen molar-refractivity contribution in [1.82, 2.24) is 15.6 Å². The lowest BCUT2D eigenvalue weighted by atomic mass is 10.2. The zero-order valence-corrected chi connectivity index (χ0v) is 17.0. The Morgan fingerprint density at radius 3 is 2.57 bits per heavy atom. The van der Waals surface area contributed by atoms with Gasteiger partial charge in [0.25, 0.3) is 0 Å². The van der Waals surface area contributed by atoms with Gasteiger partial charge in [-0.05, 0) is 36.5 Å². The summed E-state index contributed by atoms with van der Waals surface area (Å²) in [6, 6.07) is 16.1. The van der Waals surface area contributed by atoms with Gasteiger partial charge in [0, 0.05) is 32.9 Å². The Morgan fingerprint density at radius 1 is 1.04 bits per heavy atom. The highest BCUT2D eigenvalue weighted by atomic mass is 16.5. The van der Waals surface area contributed by atoms with Crippen molar-refractivity contribution in [2.75, 3.05) is 38.6 Å². The van der Waals surface area contributed by atoms with Gasteiger partial charge >= 0.3 is 0 Å². The summed E-state index contributed by atoms with van der Waals surface area (Å²) in [5.41, 5.74) is 1.21. The van der Waals surface area contributed by atoms with Crippen LogP contribution in [0.5, 0.6) is 0 Å². The maximum atomic E-state index is 5.80. The number of guanidine groups is 1. The van der Waals surface area contributed by atoms with Gasteiger partial charge in [-0.25, -0.2) is 4.98 Å². The molecule has 0 radical (unpaired) electrons. The quantitative estimate of drug-likeness (QED) is 0.298. The predicted molar refractivity (Wildman–Crippen MR) is 117 cm³/mol. The number of pyridine rings is 1. The second-order valence-electron chi connectivity index (χ2n) is 6.83. The molecule has 0 amide bonds. The summed E-state index contributed by atoms with van der Waals surface area (Å²) in [7, 11) is 1.80. The van der Waals surface area contributed by atoms with Crippen molar-refractivity contribution in [3.05, 3.63) is 60.3 Å². The molecule has 1 atom stereocenters. The summed E-state index contributed by atoms with van der Waals surface area (Å²) in [6.45, 7) is 6.19. The lowest BCUT2D eigenvalue weighted by Crippen LogP contribution is -2.40. The van der Waals surface area contributed by atoms with Crippen molar-refractivity contribution in [2.45, 2.75) is 26.4 Å². The molecule has 6 heteroatoms. The minimum atomic E-state index is 0.407. The Morgan fingerprint density at radius 2 is 1.82 bits per heavy atom. The van der Waals surface area contributed by atoms with Gasteiger partial charge in [0.1, 0.15) is 5.82 Å². The number of rotatable bonds is 12. The van der Waals surface area contributed by atoms with Gasteiger partial charge in [-0.15, -0.1) is 0 Å². The Bertz CT molecular complexity index is 663. The van der Waals surface area contributed by atoms with E-state index in [1.54, 1.807) is 13.2 Å². The molecule has 2 rings (SSSR count). The smallest absolute Gasteiger partial charge is 0.190 e. The Hall–Kier alpha value is -2.60. The van der Waals surface area contributed by atoms with Crippen LogP contribution in [0, 0.1) is 5.92 Å². The molecular formula is C22H33N5O. The normalized spacial score (nSPS) is 12.4. The van der Waals surface area contributed by atoms with Crippen LogP contribution in [0.25, 0.3) is 0 Å². The highest BCUT2D eigenvalue weighted by Crippen LogP contribution is 2.03. The number of unbranched alkanes of at least 4 members (excludes halogenated alkanes) is 1. The second kappa shape index (κ2) is 13.6. The van der Waals surface area contributed by atoms with E-state index < -0.39 is 0 Å². The fourth-order valence-electron chi connectivity index (χ4n) is 2.64. The molecule has 1 aromatic heterocycles. The molecule has 1 unspecified atom stereocenters. The maximum absolute atomic E-state index is 5.80. The molecule has 0 saturated heterocycles. The van der Waals surface area contributed by atoms with Crippen LogP contribution in [-0.2, 0) is 11.3 Å². The van der Waals surface area contributed by atoms with Gasteiger partial charge in [0.05, 0.1) is 13.2 Å². The summed E-state index contributed by atoms with van der Waals surface area (Å²) in [6.07, 6.45) is 3.94. The average molecular weight is 384 g/mol. The highest BCUT2D eigenvalue weighted by Gasteiger charge is 2.04. The van der Waals surface area contributed by atoms with Gasteiger partial charge in [-0.3, -0.25) is 4.99 Å². The van der Waals surface area contributed by atoms with Crippen molar-refractivity contribution >= 4 is 11.8 Å². The molecule has 152 valence electrons. The summed E-state index contributed by atoms with van der Waals surface area (Å²) in [5.74, 6) is 2.17. The van der Waals surface area contributed by atoms with E-state index in [2.05, 4.69) is 45.0 Å². The monoisotopic (exact) mass is 383 g/mol. The van der Waals surface area contributed by atoms with Crippen LogP contribution >= 0.6 is 0 Å². The first-order valence-electron chi connectivity index (χ1n) is 9.99. The van der Waals surface area contributed by atoms with Crippen molar-refractivity contribution in [1.29, 1.82) is 0 Å². The molecule has 0 aliphatic carbocycles. The number of hydrogen-bond acceptors (Lipinski definition) is 4. The zero-order valence-electron chi connectivity index (χ0n) is 17.0. The first-order chi connectivity index (χ1) is 13.8. The van der Waals surface area contributed by atoms with Crippen LogP contribution in [-0.4, -0.2) is 44.2 Å². The van der Waals surface area contributed by atoms with E-state index >= 15 is 0 Å². The van der Waals surface area contributed by atoms with E-state index in [-0.39, 0.29) is 0 Å². The number of nitrogens with zero attached hydrogens (tertiary/aromatic N) is 2. The number of aromatic nitrogens is 1. The van der Waals surface area contributed by atoms with Crippen LogP contribution in [0.15, 0.2) is 59.7 Å². The van der Waals surface area contributed by atoms with Crippen molar-refractivity contribution in [3.63, 3.8) is 0 Å². The summed E-state index contributed by atoms with van der Waals surface area (Å²) < 4.78 is 5.80. The second-order valence-corrected chi connectivity index (χ2v) is 6.83. The molecule has 1 aromatic carbocycles. The third kappa shape index (κ3) is 9.37. The summed E-state index contributed by atoms with van der Waals surface area (Å²) in [5, 5.41) is 10.0. The molecule has 0 aliphatic rings. The van der Waals surface area contributed by atoms with Crippen LogP contribution in [0.3, 0.4) is 0 Å². The van der Waals surface area contributed by atoms with Crippen LogP contribution in [0.2, 0.25) is 0 Å². The zero-order chi connectivity index (χ0) is 19.9. The van der Waals surface area contributed by atoms with E-state index in [4.69, 9.17) is 4.74 Å². The Kier molecular flexibility index (Phi) is 10.5. The molecule has 0 spiro atoms. The van der Waals surface area contributed by atoms with Crippen molar-refractivity contribution in [3.8, 4) is 0 Å². The lowest BCUT2D eigenvalue weighted by Gasteiger charge is -2.16. The largest absolute Gasteiger partial charge is 0.376 e. The van der Waals surface area contributed by atoms with Crippen LogP contribution < -0.4 is 16.0 Å². The van der Waals surface area contributed by atoms with Gasteiger partial charge in [0.2, 0.25) is 0 Å². The highest BCUT2D eigenvalue weighted by molar-refractivity contribution is 5.79. The number of ether oxygens (including phenoxy) is 1. The van der Waals surface area contributed by atoms with Gasteiger partial charge in [-0.1, -0.05) is 43.3 Å². The van der Waals surface area contributed by atoms with Gasteiger partial charge in [0.15, 0.2) is 5.96 Å². The number of benzene rings is 1. The molecule has 0 aliphatic heterocycles. The van der Waals surface area contributed by atoms with Gasteiger partial charge in [-0.2, -0.15) is 0 Å². The Balaban J connectivity index is 1.49. The van der Waals surface area contributed by atoms with Crippen molar-refractivity contribution < 1.29 is 4.74 Å². The fourth-order valence-corrected chi connectivity index (χ4v) is 2.64. The topological polar surface area (TPSA) is 70.6 Å². The number of aliphatic imine (C=N–C) groups is 1. The molecule has 3 N–H and O–H groups in total. The first-order valence-corrected chi connectivity index (χ1v) is 9.99. The Labute approximate surface area is 168 Å². The molecule has 0 bridgehead atoms. The minimum absolute atomic E-state index is 0.407. The standard InChI is InChI=1S/C22H33N5O/c1-19(17-28-18-20-10-4-3-5-11-20)16-27-22(23-2)26-15-9-8-14-25-21-12-6-7-13-24-21/h3-7,10-13,19H,8-9,14-18H2,1-2H3,(H,24,25)(H2,23,26,27). The third-order valence-electron chi connectivity index (χ3n) is 4.22. The van der Waals surface area contributed by atoms with E-state index in [0.29, 0.717) is 12.5 Å². The fraction of sp³-hybridized carbons (Fsp3) is 0.455. The number of hydrogen-bond donors (Lipinski definition) is 3. The third-order valence-corrected chi connectivity index (χ3v) is 4.22. The van der Waals surface area contributed by atoms with E-state index in [9.17, 15) is 0 Å². The molecule has 1 heterocycles. The summed E-state index contributed by atoms with van der Waals surface area (Å²) >= 11 is 0. The van der Waals surface area contributed by atoms with Gasteiger partial charge < -0.3 is 20.7 Å². The van der Waals surface area contributed by atoms with Crippen LogP contribution in [0.1, 0.15) is 25.3 Å². The maximum Gasteiger partial charge on any atom is 0.190 e. The predicted octanol–water partition coefficient (Wildman–Crippen LogP) is 3.29. The van der Waals surface area contributed by atoms with Crippen molar-refractivity contribution in [2.24, 2.45) is 10.9 Å². The van der Waals surface area contributed by atoms with E-state index in [0.717, 1.165) is 50.9 Å². The molecule has 2 aromatic rings.